The Morgan fingerprint density at radius 2 is 1.50 bits per heavy atom. The molecule has 1 aromatic heterocycles. The van der Waals surface area contributed by atoms with Gasteiger partial charge in [-0.15, -0.1) is 11.3 Å². The van der Waals surface area contributed by atoms with Crippen molar-refractivity contribution in [2.45, 2.75) is 0 Å². The molecule has 3 nitrogen and oxygen atoms in total. The van der Waals surface area contributed by atoms with Gasteiger partial charge in [-0.25, -0.2) is 0 Å². The Morgan fingerprint density at radius 3 is 2.19 bits per heavy atom. The van der Waals surface area contributed by atoms with E-state index in [1.165, 1.54) is 11.3 Å². The summed E-state index contributed by atoms with van der Waals surface area (Å²) in [5.74, 6) is -1.44. The van der Waals surface area contributed by atoms with Gasteiger partial charge in [0, 0.05) is 16.0 Å². The summed E-state index contributed by atoms with van der Waals surface area (Å²) >= 11 is 1.53. The number of benzene rings is 2. The van der Waals surface area contributed by atoms with Crippen LogP contribution in [0.1, 0.15) is 26.4 Å². The van der Waals surface area contributed by atoms with Crippen LogP contribution in [0.3, 0.4) is 0 Å². The zero-order valence-electron chi connectivity index (χ0n) is 13.7. The molecule has 0 bridgehead atoms. The van der Waals surface area contributed by atoms with E-state index in [1.54, 1.807) is 30.3 Å². The zero-order chi connectivity index (χ0) is 18.1. The molecular weight excluding hydrogens is 344 g/mol. The summed E-state index contributed by atoms with van der Waals surface area (Å²) in [6, 6.07) is 20.1. The van der Waals surface area contributed by atoms with Gasteiger partial charge < -0.3 is 5.11 Å². The molecule has 1 aliphatic carbocycles. The topological polar surface area (TPSA) is 54.4 Å². The van der Waals surface area contributed by atoms with E-state index in [9.17, 15) is 14.7 Å². The van der Waals surface area contributed by atoms with Crippen LogP contribution >= 0.6 is 11.3 Å². The predicted octanol–water partition coefficient (Wildman–Crippen LogP) is 4.91. The maximum absolute atomic E-state index is 12.6. The molecule has 126 valence electrons. The second-order valence-corrected chi connectivity index (χ2v) is 6.82. The molecule has 26 heavy (non-hydrogen) atoms. The van der Waals surface area contributed by atoms with Crippen LogP contribution in [0.5, 0.6) is 0 Å². The smallest absolute Gasteiger partial charge is 0.237 e. The van der Waals surface area contributed by atoms with E-state index in [-0.39, 0.29) is 16.9 Å². The lowest BCUT2D eigenvalue weighted by Crippen LogP contribution is -2.23. The number of Topliss-reactive ketones (excluding diaryl/α,β-unsaturated/α-hetero) is 2. The van der Waals surface area contributed by atoms with Crippen LogP contribution in [0.2, 0.25) is 0 Å². The maximum Gasteiger partial charge on any atom is 0.237 e. The monoisotopic (exact) mass is 358 g/mol. The Bertz CT molecular complexity index is 1060. The summed E-state index contributed by atoms with van der Waals surface area (Å²) in [5.41, 5.74) is 2.37. The fourth-order valence-corrected chi connectivity index (χ4v) is 3.77. The van der Waals surface area contributed by atoms with Crippen LogP contribution in [0, 0.1) is 0 Å². The van der Waals surface area contributed by atoms with Crippen molar-refractivity contribution in [2.75, 3.05) is 0 Å². The highest BCUT2D eigenvalue weighted by molar-refractivity contribution is 7.11. The summed E-state index contributed by atoms with van der Waals surface area (Å²) in [7, 11) is 0. The van der Waals surface area contributed by atoms with Crippen LogP contribution in [-0.2, 0) is 4.79 Å². The third-order valence-electron chi connectivity index (χ3n) is 4.29. The Hall–Kier alpha value is -3.24. The van der Waals surface area contributed by atoms with Crippen molar-refractivity contribution in [3.8, 4) is 0 Å². The first-order valence-electron chi connectivity index (χ1n) is 8.09. The largest absolute Gasteiger partial charge is 0.507 e. The van der Waals surface area contributed by atoms with Crippen LogP contribution in [0.15, 0.2) is 83.8 Å². The highest BCUT2D eigenvalue weighted by Crippen LogP contribution is 2.33. The molecule has 0 aliphatic heterocycles. The molecule has 0 saturated carbocycles. The van der Waals surface area contributed by atoms with Crippen LogP contribution < -0.4 is 0 Å². The minimum absolute atomic E-state index is 0.0287. The third-order valence-corrected chi connectivity index (χ3v) is 5.20. The number of aliphatic hydroxyl groups excluding tert-OH is 1. The van der Waals surface area contributed by atoms with Gasteiger partial charge in [0.1, 0.15) is 5.76 Å². The van der Waals surface area contributed by atoms with Gasteiger partial charge in [-0.1, -0.05) is 60.7 Å². The first-order valence-corrected chi connectivity index (χ1v) is 8.97. The lowest BCUT2D eigenvalue weighted by molar-refractivity contribution is -0.111. The summed E-state index contributed by atoms with van der Waals surface area (Å²) < 4.78 is 0. The van der Waals surface area contributed by atoms with Gasteiger partial charge in [0.2, 0.25) is 11.6 Å². The van der Waals surface area contributed by atoms with E-state index in [0.717, 1.165) is 16.0 Å². The molecule has 1 aliphatic rings. The quantitative estimate of drug-likeness (QED) is 0.677. The third kappa shape index (κ3) is 2.70. The normalized spacial score (nSPS) is 14.5. The number of hydrogen-bond donors (Lipinski definition) is 1. The number of rotatable bonds is 3. The maximum atomic E-state index is 12.6. The lowest BCUT2D eigenvalue weighted by atomic mass is 9.87. The van der Waals surface area contributed by atoms with Crippen molar-refractivity contribution >= 4 is 34.2 Å². The Morgan fingerprint density at radius 1 is 0.808 bits per heavy atom. The van der Waals surface area contributed by atoms with Gasteiger partial charge in [0.15, 0.2) is 0 Å². The zero-order valence-corrected chi connectivity index (χ0v) is 14.5. The Kier molecular flexibility index (Phi) is 4.11. The van der Waals surface area contributed by atoms with Gasteiger partial charge in [0.25, 0.3) is 0 Å². The fourth-order valence-electron chi connectivity index (χ4n) is 3.01. The number of carbonyl (C=O) groups excluding carboxylic acids is 2. The molecule has 3 aromatic rings. The van der Waals surface area contributed by atoms with Gasteiger partial charge in [-0.05, 0) is 28.7 Å². The molecule has 0 saturated heterocycles. The summed E-state index contributed by atoms with van der Waals surface area (Å²) in [6.07, 6.45) is 1.62. The minimum atomic E-state index is -0.689. The molecule has 1 heterocycles. The number of allylic oxidation sites excluding steroid dienone is 2. The van der Waals surface area contributed by atoms with Gasteiger partial charge in [-0.3, -0.25) is 9.59 Å². The molecule has 0 spiro atoms. The Labute approximate surface area is 154 Å². The van der Waals surface area contributed by atoms with Gasteiger partial charge >= 0.3 is 0 Å². The highest BCUT2D eigenvalue weighted by Gasteiger charge is 2.31. The molecular formula is C22H14O3S. The minimum Gasteiger partial charge on any atom is -0.507 e. The van der Waals surface area contributed by atoms with Crippen molar-refractivity contribution in [3.63, 3.8) is 0 Å². The standard InChI is InChI=1S/C22H14O3S/c23-20-15-9-4-5-10-16(15)21(24)22(25)18(20)13-17(19-11-6-12-26-19)14-7-2-1-3-8-14/h1-13,23H/b17-13+. The average Bonchev–Trinajstić information content (AvgIpc) is 3.21. The molecule has 4 rings (SSSR count). The van der Waals surface area contributed by atoms with Crippen molar-refractivity contribution in [1.82, 2.24) is 0 Å². The van der Waals surface area contributed by atoms with E-state index < -0.39 is 11.6 Å². The van der Waals surface area contributed by atoms with Crippen molar-refractivity contribution < 1.29 is 14.7 Å². The number of aliphatic hydroxyl groups is 1. The SMILES string of the molecule is O=C1C(=O)c2ccccc2C(O)=C1/C=C(\c1ccccc1)c1cccs1. The molecule has 0 atom stereocenters. The molecule has 0 amide bonds. The molecule has 0 fully saturated rings. The van der Waals surface area contributed by atoms with E-state index in [2.05, 4.69) is 0 Å². The van der Waals surface area contributed by atoms with Crippen molar-refractivity contribution in [2.24, 2.45) is 0 Å². The van der Waals surface area contributed by atoms with E-state index in [4.69, 9.17) is 0 Å². The first kappa shape index (κ1) is 16.2. The number of fused-ring (bicyclic) bond motifs is 1. The van der Waals surface area contributed by atoms with Crippen LogP contribution in [0.4, 0.5) is 0 Å². The second-order valence-electron chi connectivity index (χ2n) is 5.87. The average molecular weight is 358 g/mol. The fraction of sp³-hybridized carbons (Fsp3) is 0. The highest BCUT2D eigenvalue weighted by atomic mass is 32.1. The second kappa shape index (κ2) is 6.58. The number of carbonyl (C=O) groups is 2. The molecule has 0 unspecified atom stereocenters. The Balaban J connectivity index is 1.95. The van der Waals surface area contributed by atoms with Crippen molar-refractivity contribution in [3.05, 3.63) is 105 Å². The van der Waals surface area contributed by atoms with Crippen LogP contribution in [-0.4, -0.2) is 16.7 Å². The van der Waals surface area contributed by atoms with E-state index in [0.29, 0.717) is 5.56 Å². The number of ketones is 2. The van der Waals surface area contributed by atoms with Crippen molar-refractivity contribution in [1.29, 1.82) is 0 Å². The first-order chi connectivity index (χ1) is 12.7. The predicted molar refractivity (Wildman–Crippen MR) is 103 cm³/mol. The van der Waals surface area contributed by atoms with E-state index >= 15 is 0 Å². The molecule has 4 heteroatoms. The molecule has 1 N–H and O–H groups in total. The molecule has 2 aromatic carbocycles. The lowest BCUT2D eigenvalue weighted by Gasteiger charge is -2.17. The van der Waals surface area contributed by atoms with Gasteiger partial charge in [-0.2, -0.15) is 0 Å². The number of thiophene rings is 1. The summed E-state index contributed by atoms with van der Waals surface area (Å²) in [4.78, 5) is 26.0. The summed E-state index contributed by atoms with van der Waals surface area (Å²) in [5, 5.41) is 12.6. The van der Waals surface area contributed by atoms with E-state index in [1.807, 2.05) is 47.8 Å². The molecule has 0 radical (unpaired) electrons. The number of hydrogen-bond acceptors (Lipinski definition) is 4. The summed E-state index contributed by atoms with van der Waals surface area (Å²) in [6.45, 7) is 0. The van der Waals surface area contributed by atoms with Gasteiger partial charge in [0.05, 0.1) is 5.57 Å². The van der Waals surface area contributed by atoms with Crippen LogP contribution in [0.25, 0.3) is 11.3 Å².